The maximum atomic E-state index is 12.9. The molecule has 2 aromatic rings. The molecule has 3 rings (SSSR count). The Morgan fingerprint density at radius 1 is 0.538 bits per heavy atom. The molecule has 0 bridgehead atoms. The molecule has 0 saturated heterocycles. The van der Waals surface area contributed by atoms with Crippen LogP contribution in [0.2, 0.25) is 0 Å². The zero-order chi connectivity index (χ0) is 18.8. The fraction of sp³-hybridized carbons (Fsp3) is 0.182. The maximum absolute atomic E-state index is 12.9. The Morgan fingerprint density at radius 2 is 0.846 bits per heavy atom. The van der Waals surface area contributed by atoms with Crippen molar-refractivity contribution in [2.24, 2.45) is 0 Å². The summed E-state index contributed by atoms with van der Waals surface area (Å²) in [6, 6.07) is 16.0. The van der Waals surface area contributed by atoms with Crippen LogP contribution in [0.1, 0.15) is 25.0 Å². The van der Waals surface area contributed by atoms with E-state index in [9.17, 15) is 9.59 Å². The van der Waals surface area contributed by atoms with Crippen LogP contribution in [0, 0.1) is 13.8 Å². The molecule has 0 amide bonds. The van der Waals surface area contributed by atoms with Crippen LogP contribution in [0.4, 0.5) is 0 Å². The second kappa shape index (κ2) is 7.68. The second-order valence-electron chi connectivity index (χ2n) is 6.40. The van der Waals surface area contributed by atoms with Crippen LogP contribution in [0.3, 0.4) is 0 Å². The number of rotatable bonds is 4. The lowest BCUT2D eigenvalue weighted by atomic mass is 9.97. The fourth-order valence-corrected chi connectivity index (χ4v) is 4.65. The average molecular weight is 381 g/mol. The molecule has 0 N–H and O–H groups in total. The molecule has 0 atom stereocenters. The standard InChI is InChI=1S/C22H20O2S2/c1-13-5-9-17(10-6-13)25-21-19(23)15(3)16(4)20(24)22(21)26-18-11-7-14(2)8-12-18/h5-12H,1-4H3. The first kappa shape index (κ1) is 18.7. The summed E-state index contributed by atoms with van der Waals surface area (Å²) >= 11 is 2.75. The van der Waals surface area contributed by atoms with Crippen LogP contribution in [0.25, 0.3) is 0 Å². The van der Waals surface area contributed by atoms with Gasteiger partial charge >= 0.3 is 0 Å². The van der Waals surface area contributed by atoms with Gasteiger partial charge in [-0.25, -0.2) is 0 Å². The summed E-state index contributed by atoms with van der Waals surface area (Å²) < 4.78 is 0. The zero-order valence-electron chi connectivity index (χ0n) is 15.3. The van der Waals surface area contributed by atoms with Crippen molar-refractivity contribution in [1.82, 2.24) is 0 Å². The van der Waals surface area contributed by atoms with E-state index in [1.807, 2.05) is 62.4 Å². The first-order valence-corrected chi connectivity index (χ1v) is 10.0. The number of allylic oxidation sites excluding steroid dienone is 4. The molecule has 1 aliphatic carbocycles. The number of hydrogen-bond acceptors (Lipinski definition) is 4. The predicted molar refractivity (Wildman–Crippen MR) is 109 cm³/mol. The van der Waals surface area contributed by atoms with Gasteiger partial charge in [0.2, 0.25) is 0 Å². The summed E-state index contributed by atoms with van der Waals surface area (Å²) in [5.74, 6) is -0.107. The third kappa shape index (κ3) is 3.87. The molecule has 26 heavy (non-hydrogen) atoms. The molecule has 2 nitrogen and oxygen atoms in total. The number of benzene rings is 2. The summed E-state index contributed by atoms with van der Waals surface area (Å²) in [7, 11) is 0. The van der Waals surface area contributed by atoms with Gasteiger partial charge in [0.15, 0.2) is 11.6 Å². The molecule has 4 heteroatoms. The Labute approximate surface area is 162 Å². The van der Waals surface area contributed by atoms with Crippen LogP contribution in [-0.4, -0.2) is 11.6 Å². The maximum Gasteiger partial charge on any atom is 0.197 e. The molecule has 0 radical (unpaired) electrons. The van der Waals surface area contributed by atoms with E-state index >= 15 is 0 Å². The number of aryl methyl sites for hydroxylation is 2. The van der Waals surface area contributed by atoms with Crippen molar-refractivity contribution in [2.75, 3.05) is 0 Å². The van der Waals surface area contributed by atoms with Crippen LogP contribution in [0.15, 0.2) is 79.3 Å². The minimum Gasteiger partial charge on any atom is -0.288 e. The summed E-state index contributed by atoms with van der Waals surface area (Å²) in [6.07, 6.45) is 0. The van der Waals surface area contributed by atoms with Crippen molar-refractivity contribution in [1.29, 1.82) is 0 Å². The zero-order valence-corrected chi connectivity index (χ0v) is 16.9. The molecule has 0 saturated carbocycles. The number of Topliss-reactive ketones (excluding diaryl/α,β-unsaturated/α-hetero) is 2. The Hall–Kier alpha value is -2.04. The van der Waals surface area contributed by atoms with E-state index in [1.165, 1.54) is 23.5 Å². The topological polar surface area (TPSA) is 34.1 Å². The van der Waals surface area contributed by atoms with Gasteiger partial charge < -0.3 is 0 Å². The lowest BCUT2D eigenvalue weighted by molar-refractivity contribution is -0.115. The van der Waals surface area contributed by atoms with Crippen molar-refractivity contribution >= 4 is 35.1 Å². The highest BCUT2D eigenvalue weighted by Gasteiger charge is 2.31. The van der Waals surface area contributed by atoms with Crippen molar-refractivity contribution in [3.8, 4) is 0 Å². The van der Waals surface area contributed by atoms with E-state index in [0.717, 1.165) is 20.9 Å². The highest BCUT2D eigenvalue weighted by molar-refractivity contribution is 8.08. The van der Waals surface area contributed by atoms with E-state index < -0.39 is 0 Å². The van der Waals surface area contributed by atoms with Gasteiger partial charge in [0.1, 0.15) is 0 Å². The summed E-state index contributed by atoms with van der Waals surface area (Å²) in [5.41, 5.74) is 3.40. The summed E-state index contributed by atoms with van der Waals surface area (Å²) in [4.78, 5) is 28.8. The molecular formula is C22H20O2S2. The Balaban J connectivity index is 2.02. The molecule has 2 aromatic carbocycles. The van der Waals surface area contributed by atoms with E-state index in [4.69, 9.17) is 0 Å². The molecule has 0 heterocycles. The molecule has 0 spiro atoms. The fourth-order valence-electron chi connectivity index (χ4n) is 2.52. The number of carbonyl (C=O) groups excluding carboxylic acids is 2. The van der Waals surface area contributed by atoms with Gasteiger partial charge in [0.25, 0.3) is 0 Å². The quantitative estimate of drug-likeness (QED) is 0.620. The van der Waals surface area contributed by atoms with Gasteiger partial charge in [-0.1, -0.05) is 58.9 Å². The molecule has 1 aliphatic rings. The first-order valence-electron chi connectivity index (χ1n) is 8.37. The molecule has 0 fully saturated rings. The number of carbonyl (C=O) groups is 2. The summed E-state index contributed by atoms with van der Waals surface area (Å²) in [5, 5.41) is 0. The van der Waals surface area contributed by atoms with Crippen molar-refractivity contribution in [3.63, 3.8) is 0 Å². The molecule has 0 unspecified atom stereocenters. The van der Waals surface area contributed by atoms with Gasteiger partial charge in [-0.3, -0.25) is 9.59 Å². The van der Waals surface area contributed by atoms with Gasteiger partial charge in [-0.05, 0) is 52.0 Å². The Kier molecular flexibility index (Phi) is 5.54. The SMILES string of the molecule is CC1=C(C)C(=O)C(Sc2ccc(C)cc2)=C(Sc2ccc(C)cc2)C1=O. The minimum atomic E-state index is -0.0534. The number of hydrogen-bond donors (Lipinski definition) is 0. The van der Waals surface area contributed by atoms with Gasteiger partial charge in [-0.15, -0.1) is 0 Å². The first-order chi connectivity index (χ1) is 12.4. The van der Waals surface area contributed by atoms with Crippen molar-refractivity contribution in [3.05, 3.63) is 80.6 Å². The molecule has 132 valence electrons. The van der Waals surface area contributed by atoms with Gasteiger partial charge in [-0.2, -0.15) is 0 Å². The lowest BCUT2D eigenvalue weighted by Gasteiger charge is -2.20. The van der Waals surface area contributed by atoms with Crippen LogP contribution in [-0.2, 0) is 9.59 Å². The Morgan fingerprint density at radius 3 is 1.15 bits per heavy atom. The highest BCUT2D eigenvalue weighted by atomic mass is 32.2. The van der Waals surface area contributed by atoms with E-state index in [1.54, 1.807) is 13.8 Å². The summed E-state index contributed by atoms with van der Waals surface area (Å²) in [6.45, 7) is 7.52. The highest BCUT2D eigenvalue weighted by Crippen LogP contribution is 2.42. The monoisotopic (exact) mass is 380 g/mol. The Bertz CT molecular complexity index is 856. The lowest BCUT2D eigenvalue weighted by Crippen LogP contribution is -2.19. The van der Waals surface area contributed by atoms with Crippen molar-refractivity contribution < 1.29 is 9.59 Å². The van der Waals surface area contributed by atoms with Crippen LogP contribution >= 0.6 is 23.5 Å². The number of ketones is 2. The van der Waals surface area contributed by atoms with Gasteiger partial charge in [0.05, 0.1) is 9.81 Å². The molecule has 0 aliphatic heterocycles. The van der Waals surface area contributed by atoms with E-state index in [-0.39, 0.29) is 11.6 Å². The van der Waals surface area contributed by atoms with E-state index in [0.29, 0.717) is 21.0 Å². The second-order valence-corrected chi connectivity index (χ2v) is 8.56. The normalized spacial score (nSPS) is 15.1. The number of thioether (sulfide) groups is 2. The minimum absolute atomic E-state index is 0.0534. The van der Waals surface area contributed by atoms with Crippen LogP contribution < -0.4 is 0 Å². The smallest absolute Gasteiger partial charge is 0.197 e. The average Bonchev–Trinajstić information content (AvgIpc) is 2.64. The molecule has 0 aromatic heterocycles. The third-order valence-electron chi connectivity index (χ3n) is 4.34. The largest absolute Gasteiger partial charge is 0.288 e. The third-order valence-corrected chi connectivity index (χ3v) is 6.68. The molecular weight excluding hydrogens is 360 g/mol. The van der Waals surface area contributed by atoms with Crippen LogP contribution in [0.5, 0.6) is 0 Å². The predicted octanol–water partition coefficient (Wildman–Crippen LogP) is 5.89. The van der Waals surface area contributed by atoms with E-state index in [2.05, 4.69) is 0 Å². The van der Waals surface area contributed by atoms with Crippen molar-refractivity contribution in [2.45, 2.75) is 37.5 Å². The van der Waals surface area contributed by atoms with Gasteiger partial charge in [0, 0.05) is 20.9 Å².